The van der Waals surface area contributed by atoms with E-state index in [1.165, 1.54) is 10.4 Å². The molecule has 0 saturated heterocycles. The van der Waals surface area contributed by atoms with E-state index in [1.807, 2.05) is 36.6 Å². The quantitative estimate of drug-likeness (QED) is 0.782. The van der Waals surface area contributed by atoms with Crippen LogP contribution in [0.1, 0.15) is 22.9 Å². The largest absolute Gasteiger partial charge is 0.313 e. The maximum Gasteiger partial charge on any atom is 0.0453 e. The van der Waals surface area contributed by atoms with Gasteiger partial charge in [-0.1, -0.05) is 35.9 Å². The number of hydrogen-bond donors (Lipinski definition) is 1. The molecule has 1 unspecified atom stereocenters. The van der Waals surface area contributed by atoms with Crippen molar-refractivity contribution in [3.05, 3.63) is 57.2 Å². The lowest BCUT2D eigenvalue weighted by Crippen LogP contribution is -2.27. The van der Waals surface area contributed by atoms with E-state index in [0.29, 0.717) is 6.04 Å². The van der Waals surface area contributed by atoms with Crippen LogP contribution in [0.25, 0.3) is 0 Å². The minimum atomic E-state index is 0.308. The Morgan fingerprint density at radius 2 is 2.00 bits per heavy atom. The molecule has 0 amide bonds. The highest BCUT2D eigenvalue weighted by molar-refractivity contribution is 7.09. The molecule has 1 N–H and O–H groups in total. The Labute approximate surface area is 136 Å². The maximum absolute atomic E-state index is 6.29. The molecule has 0 fully saturated rings. The van der Waals surface area contributed by atoms with Gasteiger partial charge in [0.2, 0.25) is 0 Å². The van der Waals surface area contributed by atoms with Gasteiger partial charge in [-0.2, -0.15) is 0 Å². The monoisotopic (exact) mass is 322 g/mol. The van der Waals surface area contributed by atoms with Gasteiger partial charge in [-0.05, 0) is 56.6 Å². The molecular weight excluding hydrogens is 300 g/mol. The first-order valence-electron chi connectivity index (χ1n) is 7.33. The van der Waals surface area contributed by atoms with E-state index < -0.39 is 0 Å². The van der Waals surface area contributed by atoms with Crippen molar-refractivity contribution in [2.24, 2.45) is 0 Å². The number of thiophene rings is 1. The lowest BCUT2D eigenvalue weighted by atomic mass is 10.0. The molecule has 0 aliphatic carbocycles. The average Bonchev–Trinajstić information content (AvgIpc) is 3.01. The Kier molecular flexibility index (Phi) is 6.71. The fourth-order valence-electron chi connectivity index (χ4n) is 2.43. The van der Waals surface area contributed by atoms with E-state index in [1.54, 1.807) is 0 Å². The second-order valence-corrected chi connectivity index (χ2v) is 6.72. The van der Waals surface area contributed by atoms with Crippen LogP contribution in [0.3, 0.4) is 0 Å². The number of halogens is 1. The molecule has 2 nitrogen and oxygen atoms in total. The molecule has 1 aromatic carbocycles. The third-order valence-corrected chi connectivity index (χ3v) is 5.03. The Balaban J connectivity index is 1.81. The molecule has 1 heterocycles. The molecule has 0 spiro atoms. The van der Waals surface area contributed by atoms with Crippen LogP contribution in [0.5, 0.6) is 0 Å². The summed E-state index contributed by atoms with van der Waals surface area (Å²) in [5.74, 6) is 0. The number of benzene rings is 1. The molecule has 2 rings (SSSR count). The number of nitrogens with one attached hydrogen (secondary N) is 1. The summed E-state index contributed by atoms with van der Waals surface area (Å²) < 4.78 is 0. The Morgan fingerprint density at radius 1 is 1.19 bits per heavy atom. The summed E-state index contributed by atoms with van der Waals surface area (Å²) in [4.78, 5) is 3.85. The van der Waals surface area contributed by atoms with Crippen LogP contribution in [0.2, 0.25) is 5.02 Å². The topological polar surface area (TPSA) is 15.3 Å². The zero-order valence-electron chi connectivity index (χ0n) is 12.7. The van der Waals surface area contributed by atoms with Gasteiger partial charge >= 0.3 is 0 Å². The molecule has 21 heavy (non-hydrogen) atoms. The van der Waals surface area contributed by atoms with Gasteiger partial charge in [0, 0.05) is 22.5 Å². The highest BCUT2D eigenvalue weighted by Gasteiger charge is 2.13. The Morgan fingerprint density at radius 3 is 2.67 bits per heavy atom. The van der Waals surface area contributed by atoms with E-state index in [9.17, 15) is 0 Å². The minimum absolute atomic E-state index is 0.308. The lowest BCUT2D eigenvalue weighted by Gasteiger charge is -2.22. The van der Waals surface area contributed by atoms with E-state index in [0.717, 1.165) is 31.0 Å². The molecule has 2 aromatic rings. The van der Waals surface area contributed by atoms with Crippen molar-refractivity contribution in [2.75, 3.05) is 27.2 Å². The minimum Gasteiger partial charge on any atom is -0.313 e. The van der Waals surface area contributed by atoms with Crippen molar-refractivity contribution in [2.45, 2.75) is 18.9 Å². The first-order valence-corrected chi connectivity index (χ1v) is 8.59. The molecule has 0 aliphatic rings. The van der Waals surface area contributed by atoms with Crippen molar-refractivity contribution in [3.63, 3.8) is 0 Å². The SMILES string of the molecule is CNC(CCN(C)CCc1cccs1)c1ccccc1Cl. The van der Waals surface area contributed by atoms with E-state index in [4.69, 9.17) is 11.6 Å². The Hall–Kier alpha value is -0.870. The van der Waals surface area contributed by atoms with Gasteiger partial charge in [-0.3, -0.25) is 0 Å². The molecular formula is C17H23ClN2S. The highest BCUT2D eigenvalue weighted by atomic mass is 35.5. The van der Waals surface area contributed by atoms with Gasteiger partial charge in [0.15, 0.2) is 0 Å². The fourth-order valence-corrected chi connectivity index (χ4v) is 3.40. The van der Waals surface area contributed by atoms with Crippen LogP contribution in [0, 0.1) is 0 Å². The zero-order valence-corrected chi connectivity index (χ0v) is 14.3. The van der Waals surface area contributed by atoms with Crippen molar-refractivity contribution in [1.29, 1.82) is 0 Å². The molecule has 114 valence electrons. The zero-order chi connectivity index (χ0) is 15.1. The van der Waals surface area contributed by atoms with Crippen LogP contribution in [-0.4, -0.2) is 32.1 Å². The maximum atomic E-state index is 6.29. The number of hydrogen-bond acceptors (Lipinski definition) is 3. The fraction of sp³-hybridized carbons (Fsp3) is 0.412. The first kappa shape index (κ1) is 16.5. The van der Waals surface area contributed by atoms with E-state index in [-0.39, 0.29) is 0 Å². The van der Waals surface area contributed by atoms with Crippen molar-refractivity contribution < 1.29 is 0 Å². The number of likely N-dealkylation sites (N-methyl/N-ethyl adjacent to an activating group) is 1. The summed E-state index contributed by atoms with van der Waals surface area (Å²) in [6.45, 7) is 2.15. The summed E-state index contributed by atoms with van der Waals surface area (Å²) >= 11 is 8.13. The molecule has 1 aromatic heterocycles. The van der Waals surface area contributed by atoms with Gasteiger partial charge in [-0.25, -0.2) is 0 Å². The van der Waals surface area contributed by atoms with Gasteiger partial charge in [0.1, 0.15) is 0 Å². The molecule has 1 atom stereocenters. The molecule has 0 radical (unpaired) electrons. The van der Waals surface area contributed by atoms with Crippen LogP contribution in [0.4, 0.5) is 0 Å². The molecule has 0 aliphatic heterocycles. The van der Waals surface area contributed by atoms with Crippen LogP contribution >= 0.6 is 22.9 Å². The molecule has 4 heteroatoms. The second kappa shape index (κ2) is 8.54. The van der Waals surface area contributed by atoms with Crippen LogP contribution in [-0.2, 0) is 6.42 Å². The van der Waals surface area contributed by atoms with Crippen LogP contribution < -0.4 is 5.32 Å². The summed E-state index contributed by atoms with van der Waals surface area (Å²) in [7, 11) is 4.19. The predicted octanol–water partition coefficient (Wildman–Crippen LogP) is 4.23. The third kappa shape index (κ3) is 5.11. The summed E-state index contributed by atoms with van der Waals surface area (Å²) in [6, 6.07) is 12.7. The predicted molar refractivity (Wildman–Crippen MR) is 93.4 cm³/mol. The summed E-state index contributed by atoms with van der Waals surface area (Å²) in [5.41, 5.74) is 1.19. The smallest absolute Gasteiger partial charge is 0.0453 e. The second-order valence-electron chi connectivity index (χ2n) is 5.28. The normalized spacial score (nSPS) is 12.8. The molecule has 0 saturated carbocycles. The lowest BCUT2D eigenvalue weighted by molar-refractivity contribution is 0.315. The standard InChI is InChI=1S/C17H23ClN2S/c1-19-17(15-7-3-4-8-16(15)18)10-12-20(2)11-9-14-6-5-13-21-14/h3-8,13,17,19H,9-12H2,1-2H3. The Bertz CT molecular complexity index is 527. The third-order valence-electron chi connectivity index (χ3n) is 3.75. The van der Waals surface area contributed by atoms with Gasteiger partial charge in [-0.15, -0.1) is 11.3 Å². The van der Waals surface area contributed by atoms with Crippen LogP contribution in [0.15, 0.2) is 41.8 Å². The van der Waals surface area contributed by atoms with E-state index >= 15 is 0 Å². The first-order chi connectivity index (χ1) is 10.2. The van der Waals surface area contributed by atoms with Gasteiger partial charge in [0.05, 0.1) is 0 Å². The van der Waals surface area contributed by atoms with Gasteiger partial charge < -0.3 is 10.2 Å². The highest BCUT2D eigenvalue weighted by Crippen LogP contribution is 2.24. The number of nitrogens with zero attached hydrogens (tertiary/aromatic N) is 1. The van der Waals surface area contributed by atoms with E-state index in [2.05, 4.69) is 40.8 Å². The number of rotatable bonds is 8. The molecule has 0 bridgehead atoms. The average molecular weight is 323 g/mol. The van der Waals surface area contributed by atoms with Crippen molar-refractivity contribution in [1.82, 2.24) is 10.2 Å². The van der Waals surface area contributed by atoms with Crippen molar-refractivity contribution >= 4 is 22.9 Å². The summed E-state index contributed by atoms with van der Waals surface area (Å²) in [6.07, 6.45) is 2.19. The van der Waals surface area contributed by atoms with Crippen molar-refractivity contribution in [3.8, 4) is 0 Å². The van der Waals surface area contributed by atoms with Gasteiger partial charge in [0.25, 0.3) is 0 Å². The summed E-state index contributed by atoms with van der Waals surface area (Å²) in [5, 5.41) is 6.36.